The van der Waals surface area contributed by atoms with Crippen LogP contribution in [0.1, 0.15) is 18.9 Å². The van der Waals surface area contributed by atoms with Gasteiger partial charge in [0.15, 0.2) is 0 Å². The van der Waals surface area contributed by atoms with Gasteiger partial charge in [-0.2, -0.15) is 0 Å². The van der Waals surface area contributed by atoms with Gasteiger partial charge < -0.3 is 10.0 Å². The number of aliphatic carboxylic acids is 1. The molecule has 0 fully saturated rings. The van der Waals surface area contributed by atoms with Crippen LogP contribution in [-0.4, -0.2) is 35.5 Å². The first kappa shape index (κ1) is 15.7. The molecule has 104 valence electrons. The molecule has 0 radical (unpaired) electrons. The molecule has 0 aliphatic heterocycles. The van der Waals surface area contributed by atoms with Crippen LogP contribution in [0.2, 0.25) is 0 Å². The molecule has 1 aromatic carbocycles. The molecule has 1 unspecified atom stereocenters. The fourth-order valence-electron chi connectivity index (χ4n) is 1.78. The van der Waals surface area contributed by atoms with E-state index in [0.29, 0.717) is 6.54 Å². The SMILES string of the molecule is CC(CC(=O)O)C(=O)N(C)CCc1ccc(Br)cc1. The van der Waals surface area contributed by atoms with Gasteiger partial charge in [0.2, 0.25) is 5.91 Å². The Kier molecular flexibility index (Phi) is 6.02. The second-order valence-corrected chi connectivity index (χ2v) is 5.55. The number of carbonyl (C=O) groups is 2. The van der Waals surface area contributed by atoms with E-state index in [9.17, 15) is 9.59 Å². The maximum Gasteiger partial charge on any atom is 0.304 e. The van der Waals surface area contributed by atoms with Crippen molar-refractivity contribution in [2.45, 2.75) is 19.8 Å². The molecule has 4 nitrogen and oxygen atoms in total. The summed E-state index contributed by atoms with van der Waals surface area (Å²) in [6, 6.07) is 7.93. The maximum atomic E-state index is 11.9. The molecule has 1 atom stereocenters. The van der Waals surface area contributed by atoms with Gasteiger partial charge in [0.25, 0.3) is 0 Å². The highest BCUT2D eigenvalue weighted by Gasteiger charge is 2.19. The predicted molar refractivity (Wildman–Crippen MR) is 76.9 cm³/mol. The molecule has 1 aromatic rings. The predicted octanol–water partition coefficient (Wildman–Crippen LogP) is 2.56. The lowest BCUT2D eigenvalue weighted by molar-refractivity contribution is -0.143. The van der Waals surface area contributed by atoms with E-state index in [1.54, 1.807) is 18.9 Å². The Labute approximate surface area is 121 Å². The summed E-state index contributed by atoms with van der Waals surface area (Å²) in [5, 5.41) is 8.67. The van der Waals surface area contributed by atoms with Crippen LogP contribution in [0, 0.1) is 5.92 Å². The summed E-state index contributed by atoms with van der Waals surface area (Å²) in [5.74, 6) is -1.55. The minimum Gasteiger partial charge on any atom is -0.481 e. The van der Waals surface area contributed by atoms with Gasteiger partial charge in [-0.15, -0.1) is 0 Å². The number of carboxylic acid groups (broad SMARTS) is 1. The van der Waals surface area contributed by atoms with E-state index in [0.717, 1.165) is 16.5 Å². The number of benzene rings is 1. The van der Waals surface area contributed by atoms with Gasteiger partial charge in [-0.25, -0.2) is 0 Å². The Bertz CT molecular complexity index is 445. The van der Waals surface area contributed by atoms with Crippen molar-refractivity contribution in [2.24, 2.45) is 5.92 Å². The van der Waals surface area contributed by atoms with Crippen LogP contribution in [0.4, 0.5) is 0 Å². The first-order chi connectivity index (χ1) is 8.90. The molecule has 1 amide bonds. The summed E-state index contributed by atoms with van der Waals surface area (Å²) < 4.78 is 1.02. The Morgan fingerprint density at radius 3 is 2.42 bits per heavy atom. The zero-order valence-corrected chi connectivity index (χ0v) is 12.7. The summed E-state index contributed by atoms with van der Waals surface area (Å²) in [6.07, 6.45) is 0.636. The number of hydrogen-bond donors (Lipinski definition) is 1. The smallest absolute Gasteiger partial charge is 0.304 e. The zero-order valence-electron chi connectivity index (χ0n) is 11.1. The fourth-order valence-corrected chi connectivity index (χ4v) is 2.05. The standard InChI is InChI=1S/C14H18BrNO3/c1-10(9-13(17)18)14(19)16(2)8-7-11-3-5-12(15)6-4-11/h3-6,10H,7-9H2,1-2H3,(H,17,18). The van der Waals surface area contributed by atoms with E-state index in [1.165, 1.54) is 0 Å². The largest absolute Gasteiger partial charge is 0.481 e. The number of amides is 1. The van der Waals surface area contributed by atoms with Crippen molar-refractivity contribution in [1.29, 1.82) is 0 Å². The van der Waals surface area contributed by atoms with Crippen molar-refractivity contribution >= 4 is 27.8 Å². The van der Waals surface area contributed by atoms with E-state index in [-0.39, 0.29) is 12.3 Å². The van der Waals surface area contributed by atoms with Gasteiger partial charge in [0.05, 0.1) is 6.42 Å². The van der Waals surface area contributed by atoms with Crippen molar-refractivity contribution in [3.8, 4) is 0 Å². The van der Waals surface area contributed by atoms with E-state index in [1.807, 2.05) is 24.3 Å². The van der Waals surface area contributed by atoms with Gasteiger partial charge in [-0.1, -0.05) is 35.0 Å². The molecule has 5 heteroatoms. The first-order valence-electron chi connectivity index (χ1n) is 6.11. The van der Waals surface area contributed by atoms with Crippen LogP contribution in [-0.2, 0) is 16.0 Å². The van der Waals surface area contributed by atoms with Crippen LogP contribution >= 0.6 is 15.9 Å². The summed E-state index contributed by atoms with van der Waals surface area (Å²) in [4.78, 5) is 24.1. The highest BCUT2D eigenvalue weighted by molar-refractivity contribution is 9.10. The molecular weight excluding hydrogens is 310 g/mol. The van der Waals surface area contributed by atoms with Crippen molar-refractivity contribution in [3.05, 3.63) is 34.3 Å². The molecule has 1 rings (SSSR count). The third-order valence-corrected chi connectivity index (χ3v) is 3.46. The minimum atomic E-state index is -0.942. The lowest BCUT2D eigenvalue weighted by Gasteiger charge is -2.20. The van der Waals surface area contributed by atoms with Crippen LogP contribution in [0.5, 0.6) is 0 Å². The topological polar surface area (TPSA) is 57.6 Å². The van der Waals surface area contributed by atoms with Crippen molar-refractivity contribution in [2.75, 3.05) is 13.6 Å². The Morgan fingerprint density at radius 1 is 1.32 bits per heavy atom. The molecule has 0 aliphatic carbocycles. The fraction of sp³-hybridized carbons (Fsp3) is 0.429. The highest BCUT2D eigenvalue weighted by Crippen LogP contribution is 2.12. The van der Waals surface area contributed by atoms with Gasteiger partial charge >= 0.3 is 5.97 Å². The van der Waals surface area contributed by atoms with E-state index in [4.69, 9.17) is 5.11 Å². The van der Waals surface area contributed by atoms with Crippen LogP contribution in [0.15, 0.2) is 28.7 Å². The monoisotopic (exact) mass is 327 g/mol. The second-order valence-electron chi connectivity index (χ2n) is 4.64. The summed E-state index contributed by atoms with van der Waals surface area (Å²) in [5.41, 5.74) is 1.15. The van der Waals surface area contributed by atoms with E-state index >= 15 is 0 Å². The molecule has 0 saturated carbocycles. The molecule has 0 saturated heterocycles. The molecule has 0 heterocycles. The number of carboxylic acids is 1. The molecule has 1 N–H and O–H groups in total. The number of nitrogens with zero attached hydrogens (tertiary/aromatic N) is 1. The molecule has 0 aliphatic rings. The maximum absolute atomic E-state index is 11.9. The number of halogens is 1. The van der Waals surface area contributed by atoms with Crippen LogP contribution in [0.3, 0.4) is 0 Å². The quantitative estimate of drug-likeness (QED) is 0.873. The van der Waals surface area contributed by atoms with Gasteiger partial charge in [0, 0.05) is 24.0 Å². The number of carbonyl (C=O) groups excluding carboxylic acids is 1. The Morgan fingerprint density at radius 2 is 1.89 bits per heavy atom. The van der Waals surface area contributed by atoms with Gasteiger partial charge in [0.1, 0.15) is 0 Å². The summed E-state index contributed by atoms with van der Waals surface area (Å²) >= 11 is 3.37. The van der Waals surface area contributed by atoms with Crippen LogP contribution < -0.4 is 0 Å². The van der Waals surface area contributed by atoms with Gasteiger partial charge in [-0.3, -0.25) is 9.59 Å². The van der Waals surface area contributed by atoms with Crippen molar-refractivity contribution < 1.29 is 14.7 Å². The Balaban J connectivity index is 2.46. The first-order valence-corrected chi connectivity index (χ1v) is 6.90. The number of hydrogen-bond acceptors (Lipinski definition) is 2. The number of rotatable bonds is 6. The summed E-state index contributed by atoms with van der Waals surface area (Å²) in [7, 11) is 1.71. The van der Waals surface area contributed by atoms with Crippen molar-refractivity contribution in [3.63, 3.8) is 0 Å². The second kappa shape index (κ2) is 7.28. The lowest BCUT2D eigenvalue weighted by Crippen LogP contribution is -2.34. The lowest BCUT2D eigenvalue weighted by atomic mass is 10.1. The number of likely N-dealkylation sites (N-methyl/N-ethyl adjacent to an activating group) is 1. The molecule has 0 aromatic heterocycles. The average Bonchev–Trinajstić information content (AvgIpc) is 2.36. The molecule has 0 spiro atoms. The highest BCUT2D eigenvalue weighted by atomic mass is 79.9. The van der Waals surface area contributed by atoms with Crippen molar-refractivity contribution in [1.82, 2.24) is 4.90 Å². The normalized spacial score (nSPS) is 11.9. The molecule has 0 bridgehead atoms. The van der Waals surface area contributed by atoms with E-state index in [2.05, 4.69) is 15.9 Å². The summed E-state index contributed by atoms with van der Waals surface area (Å²) in [6.45, 7) is 2.23. The van der Waals surface area contributed by atoms with Gasteiger partial charge in [-0.05, 0) is 24.1 Å². The zero-order chi connectivity index (χ0) is 14.4. The average molecular weight is 328 g/mol. The third-order valence-electron chi connectivity index (χ3n) is 2.93. The molecular formula is C14H18BrNO3. The van der Waals surface area contributed by atoms with Crippen LogP contribution in [0.25, 0.3) is 0 Å². The third kappa shape index (κ3) is 5.42. The van der Waals surface area contributed by atoms with E-state index < -0.39 is 11.9 Å². The Hall–Kier alpha value is -1.36. The molecule has 19 heavy (non-hydrogen) atoms. The minimum absolute atomic E-state index is 0.124.